The van der Waals surface area contributed by atoms with Crippen LogP contribution in [0, 0.1) is 0 Å². The first-order valence-corrected chi connectivity index (χ1v) is 7.89. The molecule has 5 nitrogen and oxygen atoms in total. The Labute approximate surface area is 132 Å². The fraction of sp³-hybridized carbons (Fsp3) is 0.529. The number of likely N-dealkylation sites (tertiary alicyclic amines) is 1. The van der Waals surface area contributed by atoms with Crippen LogP contribution < -0.4 is 5.32 Å². The number of piperidine rings is 1. The molecule has 1 fully saturated rings. The van der Waals surface area contributed by atoms with Crippen molar-refractivity contribution in [3.05, 3.63) is 30.3 Å². The Hall–Kier alpha value is -2.04. The highest BCUT2D eigenvalue weighted by Crippen LogP contribution is 2.20. The van der Waals surface area contributed by atoms with Crippen LogP contribution in [0.25, 0.3) is 0 Å². The molecule has 0 radical (unpaired) electrons. The fourth-order valence-electron chi connectivity index (χ4n) is 2.99. The van der Waals surface area contributed by atoms with Crippen molar-refractivity contribution >= 4 is 17.6 Å². The van der Waals surface area contributed by atoms with Crippen molar-refractivity contribution in [2.24, 2.45) is 0 Å². The van der Waals surface area contributed by atoms with Gasteiger partial charge in [0.25, 0.3) is 0 Å². The topological polar surface area (TPSA) is 52.7 Å². The molecule has 1 saturated heterocycles. The van der Waals surface area contributed by atoms with E-state index < -0.39 is 0 Å². The molecule has 1 aromatic rings. The number of carbonyl (C=O) groups is 2. The highest BCUT2D eigenvalue weighted by Gasteiger charge is 2.30. The van der Waals surface area contributed by atoms with E-state index in [1.54, 1.807) is 6.92 Å². The third kappa shape index (κ3) is 4.00. The van der Waals surface area contributed by atoms with Gasteiger partial charge in [-0.3, -0.25) is 4.79 Å². The molecule has 1 aromatic carbocycles. The van der Waals surface area contributed by atoms with E-state index in [2.05, 4.69) is 5.32 Å². The smallest absolute Gasteiger partial charge is 0.322 e. The van der Waals surface area contributed by atoms with E-state index in [1.165, 1.54) is 0 Å². The number of para-hydroxylation sites is 1. The Morgan fingerprint density at radius 2 is 1.77 bits per heavy atom. The second-order valence-corrected chi connectivity index (χ2v) is 6.03. The summed E-state index contributed by atoms with van der Waals surface area (Å²) in [6.45, 7) is 7.11. The minimum atomic E-state index is -0.0672. The Kier molecular flexibility index (Phi) is 5.41. The van der Waals surface area contributed by atoms with Crippen molar-refractivity contribution in [3.63, 3.8) is 0 Å². The van der Waals surface area contributed by atoms with Crippen LogP contribution in [-0.4, -0.2) is 46.9 Å². The van der Waals surface area contributed by atoms with Crippen molar-refractivity contribution in [1.29, 1.82) is 0 Å². The summed E-state index contributed by atoms with van der Waals surface area (Å²) in [6.07, 6.45) is 1.67. The standard InChI is InChI=1S/C17H25N3O2/c1-13(2)20(16-9-11-19(12-10-16)14(3)21)17(22)18-15-7-5-4-6-8-15/h4-8,13,16H,9-12H2,1-3H3,(H,18,22). The van der Waals surface area contributed by atoms with Gasteiger partial charge in [-0.15, -0.1) is 0 Å². The zero-order valence-electron chi connectivity index (χ0n) is 13.6. The van der Waals surface area contributed by atoms with Crippen LogP contribution in [-0.2, 0) is 4.79 Å². The number of hydrogen-bond acceptors (Lipinski definition) is 2. The van der Waals surface area contributed by atoms with Crippen LogP contribution in [0.4, 0.5) is 10.5 Å². The van der Waals surface area contributed by atoms with E-state index in [9.17, 15) is 9.59 Å². The van der Waals surface area contributed by atoms with Gasteiger partial charge in [0.1, 0.15) is 0 Å². The van der Waals surface area contributed by atoms with Crippen molar-refractivity contribution in [3.8, 4) is 0 Å². The summed E-state index contributed by atoms with van der Waals surface area (Å²) in [5.41, 5.74) is 0.805. The highest BCUT2D eigenvalue weighted by molar-refractivity contribution is 5.89. The summed E-state index contributed by atoms with van der Waals surface area (Å²) in [7, 11) is 0. The molecular formula is C17H25N3O2. The molecule has 2 rings (SSSR count). The van der Waals surface area contributed by atoms with Crippen molar-refractivity contribution < 1.29 is 9.59 Å². The average molecular weight is 303 g/mol. The molecule has 0 saturated carbocycles. The first-order valence-electron chi connectivity index (χ1n) is 7.89. The van der Waals surface area contributed by atoms with E-state index in [4.69, 9.17) is 0 Å². The molecule has 1 N–H and O–H groups in total. The molecule has 1 heterocycles. The number of rotatable bonds is 3. The second-order valence-electron chi connectivity index (χ2n) is 6.03. The van der Waals surface area contributed by atoms with Gasteiger partial charge in [-0.2, -0.15) is 0 Å². The van der Waals surface area contributed by atoms with Crippen LogP contribution in [0.1, 0.15) is 33.6 Å². The van der Waals surface area contributed by atoms with Gasteiger partial charge in [-0.25, -0.2) is 4.79 Å². The van der Waals surface area contributed by atoms with Crippen LogP contribution in [0.2, 0.25) is 0 Å². The van der Waals surface area contributed by atoms with E-state index in [-0.39, 0.29) is 24.0 Å². The third-order valence-electron chi connectivity index (χ3n) is 4.12. The second kappa shape index (κ2) is 7.29. The molecule has 3 amide bonds. The van der Waals surface area contributed by atoms with Gasteiger partial charge in [0.2, 0.25) is 5.91 Å². The lowest BCUT2D eigenvalue weighted by Gasteiger charge is -2.40. The highest BCUT2D eigenvalue weighted by atomic mass is 16.2. The first-order chi connectivity index (χ1) is 10.5. The van der Waals surface area contributed by atoms with Crippen LogP contribution in [0.5, 0.6) is 0 Å². The number of urea groups is 1. The minimum absolute atomic E-state index is 0.0672. The molecular weight excluding hydrogens is 278 g/mol. The van der Waals surface area contributed by atoms with Gasteiger partial charge in [0.15, 0.2) is 0 Å². The van der Waals surface area contributed by atoms with Crippen molar-refractivity contribution in [1.82, 2.24) is 9.80 Å². The van der Waals surface area contributed by atoms with Crippen molar-refractivity contribution in [2.45, 2.75) is 45.7 Å². The predicted octanol–water partition coefficient (Wildman–Crippen LogP) is 2.94. The SMILES string of the molecule is CC(=O)N1CCC(N(C(=O)Nc2ccccc2)C(C)C)CC1. The van der Waals surface area contributed by atoms with Crippen molar-refractivity contribution in [2.75, 3.05) is 18.4 Å². The summed E-state index contributed by atoms with van der Waals surface area (Å²) in [4.78, 5) is 27.8. The van der Waals surface area contributed by atoms with Gasteiger partial charge in [0.05, 0.1) is 0 Å². The van der Waals surface area contributed by atoms with Gasteiger partial charge in [0, 0.05) is 37.8 Å². The summed E-state index contributed by atoms with van der Waals surface area (Å²) in [5, 5.41) is 2.96. The number of nitrogens with zero attached hydrogens (tertiary/aromatic N) is 2. The maximum Gasteiger partial charge on any atom is 0.322 e. The lowest BCUT2D eigenvalue weighted by Crippen LogP contribution is -2.52. The number of amides is 3. The molecule has 0 spiro atoms. The Bertz CT molecular complexity index is 508. The normalized spacial score (nSPS) is 15.7. The molecule has 0 bridgehead atoms. The van der Waals surface area contributed by atoms with Gasteiger partial charge < -0.3 is 15.1 Å². The maximum atomic E-state index is 12.6. The first kappa shape index (κ1) is 16.3. The van der Waals surface area contributed by atoms with Gasteiger partial charge in [-0.1, -0.05) is 18.2 Å². The molecule has 0 aromatic heterocycles. The Morgan fingerprint density at radius 3 is 2.27 bits per heavy atom. The number of benzene rings is 1. The molecule has 1 aliphatic heterocycles. The number of nitrogens with one attached hydrogen (secondary N) is 1. The fourth-order valence-corrected chi connectivity index (χ4v) is 2.99. The quantitative estimate of drug-likeness (QED) is 0.933. The molecule has 1 aliphatic rings. The maximum absolute atomic E-state index is 12.6. The zero-order chi connectivity index (χ0) is 16.1. The summed E-state index contributed by atoms with van der Waals surface area (Å²) < 4.78 is 0. The van der Waals surface area contributed by atoms with E-state index in [1.807, 2.05) is 54.0 Å². The predicted molar refractivity (Wildman–Crippen MR) is 87.7 cm³/mol. The van der Waals surface area contributed by atoms with Crippen LogP contribution in [0.15, 0.2) is 30.3 Å². The molecule has 22 heavy (non-hydrogen) atoms. The molecule has 5 heteroatoms. The van der Waals surface area contributed by atoms with E-state index in [0.717, 1.165) is 31.6 Å². The summed E-state index contributed by atoms with van der Waals surface area (Å²) in [6, 6.07) is 9.73. The van der Waals surface area contributed by atoms with Gasteiger partial charge in [-0.05, 0) is 38.8 Å². The lowest BCUT2D eigenvalue weighted by atomic mass is 10.0. The third-order valence-corrected chi connectivity index (χ3v) is 4.12. The Balaban J connectivity index is 2.01. The van der Waals surface area contributed by atoms with Crippen LogP contribution >= 0.6 is 0 Å². The number of hydrogen-bond donors (Lipinski definition) is 1. The monoisotopic (exact) mass is 303 g/mol. The van der Waals surface area contributed by atoms with Crippen LogP contribution in [0.3, 0.4) is 0 Å². The molecule has 0 atom stereocenters. The molecule has 120 valence electrons. The number of anilines is 1. The number of carbonyl (C=O) groups excluding carboxylic acids is 2. The summed E-state index contributed by atoms with van der Waals surface area (Å²) in [5.74, 6) is 0.114. The average Bonchev–Trinajstić information content (AvgIpc) is 2.48. The molecule has 0 aliphatic carbocycles. The lowest BCUT2D eigenvalue weighted by molar-refractivity contribution is -0.130. The summed E-state index contributed by atoms with van der Waals surface area (Å²) >= 11 is 0. The minimum Gasteiger partial charge on any atom is -0.343 e. The zero-order valence-corrected chi connectivity index (χ0v) is 13.6. The van der Waals surface area contributed by atoms with E-state index in [0.29, 0.717) is 0 Å². The molecule has 0 unspecified atom stereocenters. The van der Waals surface area contributed by atoms with E-state index >= 15 is 0 Å². The van der Waals surface area contributed by atoms with Gasteiger partial charge >= 0.3 is 6.03 Å². The Morgan fingerprint density at radius 1 is 1.18 bits per heavy atom. The largest absolute Gasteiger partial charge is 0.343 e.